The number of nitrogens with zero attached hydrogens (tertiary/aromatic N) is 4. The molecule has 2 aliphatic rings. The van der Waals surface area contributed by atoms with Crippen molar-refractivity contribution in [3.8, 4) is 22.5 Å². The number of likely N-dealkylation sites (tertiary alicyclic amines) is 2. The van der Waals surface area contributed by atoms with Crippen molar-refractivity contribution in [2.24, 2.45) is 0 Å². The van der Waals surface area contributed by atoms with Crippen LogP contribution in [0, 0.1) is 0 Å². The van der Waals surface area contributed by atoms with Gasteiger partial charge in [-0.3, -0.25) is 19.7 Å². The van der Waals surface area contributed by atoms with E-state index in [1.165, 1.54) is 14.2 Å². The van der Waals surface area contributed by atoms with Gasteiger partial charge < -0.3 is 39.0 Å². The zero-order valence-electron chi connectivity index (χ0n) is 33.8. The number of amides is 4. The van der Waals surface area contributed by atoms with Crippen LogP contribution in [-0.4, -0.2) is 81.0 Å². The Morgan fingerprint density at radius 3 is 2.15 bits per heavy atom. The number of rotatable bonds is 9. The maximum Gasteiger partial charge on any atom is 0.411 e. The molecule has 0 unspecified atom stereocenters. The molecule has 0 radical (unpaired) electrons. The van der Waals surface area contributed by atoms with Crippen LogP contribution in [0.1, 0.15) is 74.9 Å². The molecule has 0 aliphatic carbocycles. The lowest BCUT2D eigenvalue weighted by Crippen LogP contribution is -2.42. The first kappa shape index (κ1) is 40.8. The average molecular weight is 847 g/mol. The van der Waals surface area contributed by atoms with E-state index in [4.69, 9.17) is 25.5 Å². The van der Waals surface area contributed by atoms with Gasteiger partial charge in [0.05, 0.1) is 65.9 Å². The molecular formula is C44H43ClN8O8. The van der Waals surface area contributed by atoms with Crippen molar-refractivity contribution in [1.82, 2.24) is 40.4 Å². The molecule has 314 valence electrons. The predicted molar refractivity (Wildman–Crippen MR) is 226 cm³/mol. The third kappa shape index (κ3) is 7.93. The number of aromatic amines is 2. The lowest BCUT2D eigenvalue weighted by Gasteiger charge is -2.28. The third-order valence-corrected chi connectivity index (χ3v) is 11.5. The minimum atomic E-state index is -0.944. The van der Waals surface area contributed by atoms with Crippen LogP contribution < -0.4 is 16.1 Å². The highest BCUT2D eigenvalue weighted by Crippen LogP contribution is 2.37. The standard InChI is InChI=1S/C44H43ClN8O8/c1-23(2)36(50-43(57)59-3)41(55)52-16-8-13-33(52)40-47-22-31(49-40)26-20-35-28(19-29(26)45)38(54)27-18-25(14-15-34(27)61-35)30-21-46-39(48-30)32-12-9-17-53(32)42(56)37(51-44(58)60-4)24-10-6-5-7-11-24/h5-7,10-11,14-15,18-22,32-33,37H,8-9,12-13,16-17H2,1-4H3,(H,46,48)(H,47,49)(H,50,57)(H,51,58)/t32-,33-,37+/m0/s1. The van der Waals surface area contributed by atoms with Crippen LogP contribution in [-0.2, 0) is 19.1 Å². The van der Waals surface area contributed by atoms with E-state index in [9.17, 15) is 24.0 Å². The minimum absolute atomic E-state index is 0.154. The highest BCUT2D eigenvalue weighted by molar-refractivity contribution is 6.34. The Hall–Kier alpha value is -6.94. The second-order valence-corrected chi connectivity index (χ2v) is 15.6. The molecule has 2 saturated heterocycles. The summed E-state index contributed by atoms with van der Waals surface area (Å²) in [4.78, 5) is 85.2. The van der Waals surface area contributed by atoms with Crippen molar-refractivity contribution in [1.29, 1.82) is 0 Å². The monoisotopic (exact) mass is 846 g/mol. The predicted octanol–water partition coefficient (Wildman–Crippen LogP) is 7.45. The van der Waals surface area contributed by atoms with Crippen molar-refractivity contribution < 1.29 is 33.1 Å². The number of carbonyl (C=O) groups is 4. The van der Waals surface area contributed by atoms with Gasteiger partial charge in [0.25, 0.3) is 11.8 Å². The van der Waals surface area contributed by atoms with E-state index < -0.39 is 18.2 Å². The van der Waals surface area contributed by atoms with Crippen LogP contribution in [0.15, 0.2) is 93.5 Å². The third-order valence-electron chi connectivity index (χ3n) is 11.2. The van der Waals surface area contributed by atoms with Gasteiger partial charge in [0, 0.05) is 24.2 Å². The Morgan fingerprint density at radius 2 is 1.46 bits per heavy atom. The average Bonchev–Trinajstić information content (AvgIpc) is 4.12. The van der Waals surface area contributed by atoms with Gasteiger partial charge in [-0.05, 0) is 81.0 Å². The Morgan fingerprint density at radius 1 is 0.820 bits per heavy atom. The minimum Gasteiger partial charge on any atom is -0.456 e. The summed E-state index contributed by atoms with van der Waals surface area (Å²) in [7, 11) is 2.49. The second kappa shape index (κ2) is 17.0. The largest absolute Gasteiger partial charge is 0.456 e. The number of H-pyrrole nitrogens is 2. The molecule has 61 heavy (non-hydrogen) atoms. The lowest BCUT2D eigenvalue weighted by molar-refractivity contribution is -0.134. The van der Waals surface area contributed by atoms with Crippen molar-refractivity contribution in [2.45, 2.75) is 57.7 Å². The topological polar surface area (TPSA) is 205 Å². The second-order valence-electron chi connectivity index (χ2n) is 15.2. The number of allylic oxidation sites excluding steroid dienone is 1. The van der Waals surface area contributed by atoms with Crippen molar-refractivity contribution >= 4 is 57.5 Å². The van der Waals surface area contributed by atoms with Crippen LogP contribution >= 0.6 is 11.6 Å². The smallest absolute Gasteiger partial charge is 0.411 e. The fourth-order valence-electron chi connectivity index (χ4n) is 8.12. The summed E-state index contributed by atoms with van der Waals surface area (Å²) in [5, 5.41) is 6.15. The van der Waals surface area contributed by atoms with Gasteiger partial charge in [-0.25, -0.2) is 19.6 Å². The van der Waals surface area contributed by atoms with Crippen molar-refractivity contribution in [3.05, 3.63) is 117 Å². The number of methoxy groups -OCH3 is 2. The number of hydrogen-bond acceptors (Lipinski definition) is 10. The fourth-order valence-corrected chi connectivity index (χ4v) is 8.38. The van der Waals surface area contributed by atoms with Crippen molar-refractivity contribution in [3.63, 3.8) is 0 Å². The number of nitrogens with one attached hydrogen (secondary N) is 4. The summed E-state index contributed by atoms with van der Waals surface area (Å²) < 4.78 is 15.8. The van der Waals surface area contributed by atoms with E-state index in [0.717, 1.165) is 12.8 Å². The molecule has 3 aromatic carbocycles. The number of imidazole rings is 2. The Bertz CT molecular complexity index is 2770. The van der Waals surface area contributed by atoms with E-state index >= 15 is 0 Å². The van der Waals surface area contributed by atoms with Crippen LogP contribution in [0.5, 0.6) is 0 Å². The zero-order chi connectivity index (χ0) is 42.9. The van der Waals surface area contributed by atoms with E-state index in [1.807, 2.05) is 12.1 Å². The molecule has 16 nitrogen and oxygen atoms in total. The summed E-state index contributed by atoms with van der Waals surface area (Å²) in [5.41, 5.74) is 4.30. The maximum absolute atomic E-state index is 14.0. The van der Waals surface area contributed by atoms with Gasteiger partial charge in [-0.2, -0.15) is 0 Å². The normalized spacial score (nSPS) is 16.7. The maximum atomic E-state index is 14.0. The summed E-state index contributed by atoms with van der Waals surface area (Å²) in [6, 6.07) is 15.9. The number of halogens is 1. The first-order valence-electron chi connectivity index (χ1n) is 19.8. The molecule has 8 rings (SSSR count). The number of ether oxygens (including phenoxy) is 2. The number of aromatic nitrogens is 4. The first-order chi connectivity index (χ1) is 29.4. The zero-order valence-corrected chi connectivity index (χ0v) is 34.6. The molecule has 17 heteroatoms. The Kier molecular flexibility index (Phi) is 11.4. The molecule has 4 N–H and O–H groups in total. The highest BCUT2D eigenvalue weighted by atomic mass is 35.5. The Labute approximate surface area is 354 Å². The van der Waals surface area contributed by atoms with Crippen molar-refractivity contribution in [2.75, 3.05) is 27.3 Å². The van der Waals surface area contributed by atoms with Gasteiger partial charge in [-0.15, -0.1) is 0 Å². The van der Waals surface area contributed by atoms with E-state index in [0.29, 0.717) is 92.8 Å². The van der Waals surface area contributed by atoms with Crippen LogP contribution in [0.4, 0.5) is 9.59 Å². The summed E-state index contributed by atoms with van der Waals surface area (Å²) in [6.07, 6.45) is 4.67. The summed E-state index contributed by atoms with van der Waals surface area (Å²) in [6.45, 7) is 4.44. The number of carbonyl (C=O) groups excluding carboxylic acids is 4. The number of hydrogen-bond donors (Lipinski definition) is 4. The molecule has 0 spiro atoms. The van der Waals surface area contributed by atoms with Gasteiger partial charge >= 0.3 is 12.2 Å². The van der Waals surface area contributed by atoms with Crippen LogP contribution in [0.25, 0.3) is 44.5 Å². The molecule has 3 atom stereocenters. The van der Waals surface area contributed by atoms with E-state index in [1.54, 1.807) is 84.6 Å². The van der Waals surface area contributed by atoms with Crippen LogP contribution in [0.3, 0.4) is 0 Å². The van der Waals surface area contributed by atoms with Gasteiger partial charge in [0.1, 0.15) is 34.6 Å². The van der Waals surface area contributed by atoms with Gasteiger partial charge in [0.15, 0.2) is 0 Å². The fraction of sp³-hybridized carbons (Fsp3) is 0.295. The molecule has 2 aliphatic heterocycles. The highest BCUT2D eigenvalue weighted by Gasteiger charge is 2.38. The molecule has 0 saturated carbocycles. The Balaban J connectivity index is 1.04. The lowest BCUT2D eigenvalue weighted by atomic mass is 10.0. The molecule has 3 aromatic heterocycles. The SMILES string of the molecule is COC(=O)NC(C(=O)N1CCC[C@H]1c1ncc(-c2cc3oc4ccc(-c5cnc([C@@H]6CCCN6C(=O)[C@H](NC(=O)OC)c6ccccc6)[nH]5)cc4c(=O)c3cc2Cl)[nH]1)=C(C)C. The molecule has 4 amide bonds. The molecule has 6 aromatic rings. The number of alkyl carbamates (subject to hydrolysis) is 2. The van der Waals surface area contributed by atoms with Crippen LogP contribution in [0.2, 0.25) is 5.02 Å². The molecular weight excluding hydrogens is 804 g/mol. The summed E-state index contributed by atoms with van der Waals surface area (Å²) >= 11 is 6.84. The number of benzene rings is 3. The quantitative estimate of drug-likeness (QED) is 0.0835. The van der Waals surface area contributed by atoms with E-state index in [2.05, 4.69) is 30.6 Å². The van der Waals surface area contributed by atoms with Gasteiger partial charge in [0.2, 0.25) is 5.43 Å². The molecule has 5 heterocycles. The molecule has 2 fully saturated rings. The van der Waals surface area contributed by atoms with E-state index in [-0.39, 0.29) is 40.4 Å². The number of fused-ring (bicyclic) bond motifs is 2. The summed E-state index contributed by atoms with van der Waals surface area (Å²) in [5.74, 6) is 0.518. The first-order valence-corrected chi connectivity index (χ1v) is 20.2. The molecule has 0 bridgehead atoms. The van der Waals surface area contributed by atoms with Gasteiger partial charge in [-0.1, -0.05) is 41.9 Å².